The number of carbonyl (C=O) groups excluding carboxylic acids is 1. The van der Waals surface area contributed by atoms with Crippen molar-refractivity contribution in [3.63, 3.8) is 0 Å². The number of nitrogens with zero attached hydrogens (tertiary/aromatic N) is 2. The van der Waals surface area contributed by atoms with Gasteiger partial charge in [-0.15, -0.1) is 11.8 Å². The summed E-state index contributed by atoms with van der Waals surface area (Å²) in [6.07, 6.45) is 0. The van der Waals surface area contributed by atoms with Gasteiger partial charge < -0.3 is 4.90 Å². The van der Waals surface area contributed by atoms with E-state index in [0.717, 1.165) is 9.37 Å². The van der Waals surface area contributed by atoms with Gasteiger partial charge in [0.15, 0.2) is 0 Å². The molecule has 1 aliphatic heterocycles. The highest BCUT2D eigenvalue weighted by molar-refractivity contribution is 9.10. The van der Waals surface area contributed by atoms with Crippen LogP contribution in [0.15, 0.2) is 68.9 Å². The molecule has 1 fully saturated rings. The van der Waals surface area contributed by atoms with E-state index in [1.165, 1.54) is 16.1 Å². The lowest BCUT2D eigenvalue weighted by molar-refractivity contribution is -0.131. The average Bonchev–Trinajstić information content (AvgIpc) is 2.70. The quantitative estimate of drug-likeness (QED) is 0.630. The maximum Gasteiger partial charge on any atom is 0.243 e. The van der Waals surface area contributed by atoms with Crippen LogP contribution in [0.3, 0.4) is 0 Å². The third-order valence-corrected chi connectivity index (χ3v) is 7.95. The number of hydrogen-bond acceptors (Lipinski definition) is 4. The summed E-state index contributed by atoms with van der Waals surface area (Å²) in [6.45, 7) is 3.35. The molecule has 8 heteroatoms. The van der Waals surface area contributed by atoms with Crippen molar-refractivity contribution in [2.75, 3.05) is 26.2 Å². The monoisotopic (exact) mass is 468 g/mol. The van der Waals surface area contributed by atoms with E-state index < -0.39 is 10.0 Å². The number of sulfonamides is 1. The van der Waals surface area contributed by atoms with Crippen LogP contribution in [-0.4, -0.2) is 55.0 Å². The molecule has 0 aromatic heterocycles. The first-order valence-electron chi connectivity index (χ1n) is 8.64. The van der Waals surface area contributed by atoms with Crippen LogP contribution >= 0.6 is 27.7 Å². The second kappa shape index (κ2) is 8.77. The molecule has 1 unspecified atom stereocenters. The molecule has 1 saturated heterocycles. The third kappa shape index (κ3) is 4.93. The Morgan fingerprint density at radius 1 is 1.00 bits per heavy atom. The van der Waals surface area contributed by atoms with E-state index in [0.29, 0.717) is 31.1 Å². The van der Waals surface area contributed by atoms with Crippen LogP contribution in [0.1, 0.15) is 6.92 Å². The molecule has 0 bridgehead atoms. The van der Waals surface area contributed by atoms with Crippen molar-refractivity contribution in [2.24, 2.45) is 0 Å². The Morgan fingerprint density at radius 3 is 2.19 bits per heavy atom. The van der Waals surface area contributed by atoms with E-state index in [4.69, 9.17) is 0 Å². The van der Waals surface area contributed by atoms with Crippen molar-refractivity contribution in [2.45, 2.75) is 22.0 Å². The minimum atomic E-state index is -3.50. The molecule has 5 nitrogen and oxygen atoms in total. The smallest absolute Gasteiger partial charge is 0.243 e. The molecule has 0 saturated carbocycles. The van der Waals surface area contributed by atoms with Gasteiger partial charge in [-0.25, -0.2) is 8.42 Å². The zero-order valence-electron chi connectivity index (χ0n) is 14.9. The molecular weight excluding hydrogens is 448 g/mol. The van der Waals surface area contributed by atoms with Crippen molar-refractivity contribution in [1.29, 1.82) is 0 Å². The molecular formula is C19H21BrN2O3S2. The van der Waals surface area contributed by atoms with Crippen LogP contribution in [0.5, 0.6) is 0 Å². The first-order valence-corrected chi connectivity index (χ1v) is 11.8. The van der Waals surface area contributed by atoms with Crippen LogP contribution in [0.2, 0.25) is 0 Å². The molecule has 0 spiro atoms. The minimum Gasteiger partial charge on any atom is -0.339 e. The Morgan fingerprint density at radius 2 is 1.59 bits per heavy atom. The summed E-state index contributed by atoms with van der Waals surface area (Å²) in [5, 5.41) is -0.219. The van der Waals surface area contributed by atoms with Crippen molar-refractivity contribution in [3.8, 4) is 0 Å². The highest BCUT2D eigenvalue weighted by Gasteiger charge is 2.31. The molecule has 2 aromatic rings. The van der Waals surface area contributed by atoms with Gasteiger partial charge in [0, 0.05) is 35.5 Å². The molecule has 27 heavy (non-hydrogen) atoms. The molecule has 3 rings (SSSR count). The fourth-order valence-electron chi connectivity index (χ4n) is 2.92. The Bertz CT molecular complexity index is 881. The normalized spacial score (nSPS) is 16.9. The van der Waals surface area contributed by atoms with Crippen LogP contribution in [0.4, 0.5) is 0 Å². The molecule has 0 aliphatic carbocycles. The summed E-state index contributed by atoms with van der Waals surface area (Å²) in [4.78, 5) is 15.8. The summed E-state index contributed by atoms with van der Waals surface area (Å²) in [7, 11) is -3.50. The molecule has 0 radical (unpaired) electrons. The van der Waals surface area contributed by atoms with E-state index in [1.807, 2.05) is 31.2 Å². The maximum absolute atomic E-state index is 12.7. The van der Waals surface area contributed by atoms with E-state index >= 15 is 0 Å². The number of thioether (sulfide) groups is 1. The van der Waals surface area contributed by atoms with Crippen molar-refractivity contribution >= 4 is 43.6 Å². The summed E-state index contributed by atoms with van der Waals surface area (Å²) >= 11 is 4.92. The predicted molar refractivity (Wildman–Crippen MR) is 111 cm³/mol. The van der Waals surface area contributed by atoms with Crippen molar-refractivity contribution in [3.05, 3.63) is 59.1 Å². The van der Waals surface area contributed by atoms with Crippen molar-refractivity contribution < 1.29 is 13.2 Å². The van der Waals surface area contributed by atoms with Crippen LogP contribution in [-0.2, 0) is 14.8 Å². The zero-order chi connectivity index (χ0) is 19.4. The lowest BCUT2D eigenvalue weighted by atomic mass is 10.3. The molecule has 2 aromatic carbocycles. The predicted octanol–water partition coefficient (Wildman–Crippen LogP) is 3.46. The lowest BCUT2D eigenvalue weighted by Crippen LogP contribution is -2.52. The Balaban J connectivity index is 1.58. The standard InChI is InChI=1S/C19H21BrN2O3S2/c1-15(26-17-9-7-16(20)8-10-17)19(23)21-11-13-22(14-12-21)27(24,25)18-5-3-2-4-6-18/h2-10,15H,11-14H2,1H3. The molecule has 1 aliphatic rings. The van der Waals surface area contributed by atoms with Gasteiger partial charge in [-0.3, -0.25) is 4.79 Å². The number of piperazine rings is 1. The van der Waals surface area contributed by atoms with Gasteiger partial charge in [0.05, 0.1) is 10.1 Å². The largest absolute Gasteiger partial charge is 0.339 e. The van der Waals surface area contributed by atoms with Gasteiger partial charge in [0.1, 0.15) is 0 Å². The van der Waals surface area contributed by atoms with E-state index in [-0.39, 0.29) is 11.2 Å². The lowest BCUT2D eigenvalue weighted by Gasteiger charge is -2.35. The van der Waals surface area contributed by atoms with Gasteiger partial charge in [-0.1, -0.05) is 34.1 Å². The second-order valence-electron chi connectivity index (χ2n) is 6.26. The average molecular weight is 469 g/mol. The Hall–Kier alpha value is -1.35. The van der Waals surface area contributed by atoms with Crippen molar-refractivity contribution in [1.82, 2.24) is 9.21 Å². The number of halogens is 1. The molecule has 1 amide bonds. The van der Waals surface area contributed by atoms with Gasteiger partial charge in [0.2, 0.25) is 15.9 Å². The van der Waals surface area contributed by atoms with E-state index in [2.05, 4.69) is 15.9 Å². The Labute approximate surface area is 172 Å². The van der Waals surface area contributed by atoms with Gasteiger partial charge in [-0.05, 0) is 43.3 Å². The molecule has 144 valence electrons. The van der Waals surface area contributed by atoms with Gasteiger partial charge in [-0.2, -0.15) is 4.31 Å². The summed E-state index contributed by atoms with van der Waals surface area (Å²) in [5.41, 5.74) is 0. The van der Waals surface area contributed by atoms with Gasteiger partial charge >= 0.3 is 0 Å². The number of hydrogen-bond donors (Lipinski definition) is 0. The maximum atomic E-state index is 12.7. The summed E-state index contributed by atoms with van der Waals surface area (Å²) in [6, 6.07) is 16.3. The zero-order valence-corrected chi connectivity index (χ0v) is 18.1. The number of amides is 1. The third-order valence-electron chi connectivity index (χ3n) is 4.41. The summed E-state index contributed by atoms with van der Waals surface area (Å²) < 4.78 is 27.8. The molecule has 0 N–H and O–H groups in total. The number of benzene rings is 2. The van der Waals surface area contributed by atoms with Crippen LogP contribution in [0, 0.1) is 0 Å². The fourth-order valence-corrected chi connectivity index (χ4v) is 5.57. The Kier molecular flexibility index (Phi) is 6.62. The number of carbonyl (C=O) groups is 1. The highest BCUT2D eigenvalue weighted by Crippen LogP contribution is 2.26. The minimum absolute atomic E-state index is 0.0414. The van der Waals surface area contributed by atoms with E-state index in [1.54, 1.807) is 35.2 Å². The summed E-state index contributed by atoms with van der Waals surface area (Å²) in [5.74, 6) is 0.0414. The highest BCUT2D eigenvalue weighted by atomic mass is 79.9. The van der Waals surface area contributed by atoms with Crippen LogP contribution < -0.4 is 0 Å². The topological polar surface area (TPSA) is 57.7 Å². The molecule has 1 atom stereocenters. The molecule has 1 heterocycles. The first kappa shape index (κ1) is 20.4. The van der Waals surface area contributed by atoms with E-state index in [9.17, 15) is 13.2 Å². The van der Waals surface area contributed by atoms with Crippen LogP contribution in [0.25, 0.3) is 0 Å². The SMILES string of the molecule is CC(Sc1ccc(Br)cc1)C(=O)N1CCN(S(=O)(=O)c2ccccc2)CC1. The second-order valence-corrected chi connectivity index (χ2v) is 10.5. The fraction of sp³-hybridized carbons (Fsp3) is 0.316. The van der Waals surface area contributed by atoms with Gasteiger partial charge in [0.25, 0.3) is 0 Å². The number of rotatable bonds is 5. The first-order chi connectivity index (χ1) is 12.9.